The molecule has 12 heteroatoms. The first kappa shape index (κ1) is 27.2. The third kappa shape index (κ3) is 5.79. The predicted octanol–water partition coefficient (Wildman–Crippen LogP) is 3.94. The van der Waals surface area contributed by atoms with E-state index in [4.69, 9.17) is 4.52 Å². The number of aliphatic hydroxyl groups is 1. The summed E-state index contributed by atoms with van der Waals surface area (Å²) in [5, 5.41) is 33.5. The van der Waals surface area contributed by atoms with Gasteiger partial charge in [0.25, 0.3) is 5.91 Å². The minimum Gasteiger partial charge on any atom is -0.387 e. The van der Waals surface area contributed by atoms with Crippen LogP contribution in [0, 0.1) is 18.3 Å². The Morgan fingerprint density at radius 2 is 2.05 bits per heavy atom. The maximum absolute atomic E-state index is 14.3. The Morgan fingerprint density at radius 1 is 1.27 bits per heavy atom. The van der Waals surface area contributed by atoms with Gasteiger partial charge in [0.1, 0.15) is 12.2 Å². The molecule has 1 aliphatic carbocycles. The molecule has 0 spiro atoms. The van der Waals surface area contributed by atoms with E-state index in [1.807, 2.05) is 12.1 Å². The van der Waals surface area contributed by atoms with Gasteiger partial charge < -0.3 is 20.3 Å². The Kier molecular flexibility index (Phi) is 7.49. The van der Waals surface area contributed by atoms with Gasteiger partial charge >= 0.3 is 0 Å². The molecule has 1 saturated carbocycles. The maximum atomic E-state index is 14.3. The number of hydrogen-bond donors (Lipinski definition) is 3. The van der Waals surface area contributed by atoms with Crippen LogP contribution in [0.4, 0.5) is 10.1 Å². The number of rotatable bonds is 8. The lowest BCUT2D eigenvalue weighted by Gasteiger charge is -2.29. The molecule has 4 heterocycles. The number of carbonyl (C=O) groups excluding carboxylic acids is 1. The van der Waals surface area contributed by atoms with E-state index in [0.717, 1.165) is 31.2 Å². The Hall–Kier alpha value is -4.37. The van der Waals surface area contributed by atoms with Crippen LogP contribution in [0.15, 0.2) is 41.2 Å². The lowest BCUT2D eigenvalue weighted by Crippen LogP contribution is -2.42. The number of pyridine rings is 1. The quantitative estimate of drug-likeness (QED) is 0.298. The van der Waals surface area contributed by atoms with Gasteiger partial charge in [-0.05, 0) is 70.7 Å². The molecule has 0 aliphatic heterocycles. The Morgan fingerprint density at radius 3 is 2.73 bits per heavy atom. The van der Waals surface area contributed by atoms with E-state index in [2.05, 4.69) is 36.9 Å². The van der Waals surface area contributed by atoms with E-state index in [1.54, 1.807) is 23.6 Å². The summed E-state index contributed by atoms with van der Waals surface area (Å²) >= 11 is 0. The van der Waals surface area contributed by atoms with E-state index in [0.29, 0.717) is 34.4 Å². The van der Waals surface area contributed by atoms with Crippen LogP contribution in [0.1, 0.15) is 73.1 Å². The Labute approximate surface area is 230 Å². The van der Waals surface area contributed by atoms with Crippen molar-refractivity contribution >= 4 is 17.1 Å². The lowest BCUT2D eigenvalue weighted by molar-refractivity contribution is -0.00177. The van der Waals surface area contributed by atoms with Gasteiger partial charge in [-0.2, -0.15) is 15.3 Å². The van der Waals surface area contributed by atoms with Gasteiger partial charge in [-0.1, -0.05) is 5.16 Å². The van der Waals surface area contributed by atoms with Crippen molar-refractivity contribution in [2.45, 2.75) is 70.2 Å². The van der Waals surface area contributed by atoms with Gasteiger partial charge in [-0.3, -0.25) is 9.78 Å². The molecular formula is C28H31FN8O3. The van der Waals surface area contributed by atoms with Crippen LogP contribution in [-0.2, 0) is 0 Å². The number of nitrogens with zero attached hydrogens (tertiary/aromatic N) is 6. The monoisotopic (exact) mass is 546 g/mol. The SMILES string of the molecule is Cc1noc(C2CCC(Nc3cc(-c4ccc5cc(C#N)cnn45)ncc3C(=O)NC[C@@H](F)C(C)(C)O)CC2)n1. The molecule has 0 aromatic carbocycles. The number of carbonyl (C=O) groups is 1. The molecule has 4 aromatic rings. The van der Waals surface area contributed by atoms with E-state index < -0.39 is 17.7 Å². The highest BCUT2D eigenvalue weighted by atomic mass is 19.1. The zero-order valence-electron chi connectivity index (χ0n) is 22.6. The molecule has 4 aromatic heterocycles. The van der Waals surface area contributed by atoms with Crippen LogP contribution in [-0.4, -0.2) is 60.1 Å². The number of fused-ring (bicyclic) bond motifs is 1. The molecule has 1 fully saturated rings. The maximum Gasteiger partial charge on any atom is 0.255 e. The second-order valence-corrected chi connectivity index (χ2v) is 10.7. The highest BCUT2D eigenvalue weighted by Crippen LogP contribution is 2.34. The molecule has 0 saturated heterocycles. The van der Waals surface area contributed by atoms with Crippen molar-refractivity contribution in [3.8, 4) is 17.5 Å². The van der Waals surface area contributed by atoms with Crippen molar-refractivity contribution in [1.82, 2.24) is 30.1 Å². The minimum atomic E-state index is -1.64. The largest absolute Gasteiger partial charge is 0.387 e. The highest BCUT2D eigenvalue weighted by Gasteiger charge is 2.29. The van der Waals surface area contributed by atoms with Crippen molar-refractivity contribution in [2.24, 2.45) is 0 Å². The Balaban J connectivity index is 1.40. The zero-order valence-corrected chi connectivity index (χ0v) is 22.6. The first-order valence-corrected chi connectivity index (χ1v) is 13.2. The fraction of sp³-hybridized carbons (Fsp3) is 0.429. The Bertz CT molecular complexity index is 1560. The van der Waals surface area contributed by atoms with E-state index in [1.165, 1.54) is 26.2 Å². The smallest absolute Gasteiger partial charge is 0.255 e. The topological polar surface area (TPSA) is 154 Å². The van der Waals surface area contributed by atoms with Gasteiger partial charge in [0.05, 0.1) is 52.1 Å². The molecule has 40 heavy (non-hydrogen) atoms. The molecule has 0 radical (unpaired) electrons. The van der Waals surface area contributed by atoms with Crippen molar-refractivity contribution < 1.29 is 18.8 Å². The van der Waals surface area contributed by atoms with Crippen LogP contribution in [0.25, 0.3) is 16.9 Å². The number of alkyl halides is 1. The van der Waals surface area contributed by atoms with Gasteiger partial charge in [0.15, 0.2) is 5.82 Å². The van der Waals surface area contributed by atoms with Crippen LogP contribution in [0.2, 0.25) is 0 Å². The fourth-order valence-electron chi connectivity index (χ4n) is 4.86. The molecule has 3 N–H and O–H groups in total. The molecule has 208 valence electrons. The molecule has 5 rings (SSSR count). The summed E-state index contributed by atoms with van der Waals surface area (Å²) in [5.74, 6) is 0.962. The number of nitrogens with one attached hydrogen (secondary N) is 2. The van der Waals surface area contributed by atoms with Gasteiger partial charge in [-0.25, -0.2) is 8.91 Å². The first-order chi connectivity index (χ1) is 19.1. The average Bonchev–Trinajstić information content (AvgIpc) is 3.57. The lowest BCUT2D eigenvalue weighted by atomic mass is 9.85. The number of nitriles is 1. The van der Waals surface area contributed by atoms with Crippen LogP contribution in [0.5, 0.6) is 0 Å². The van der Waals surface area contributed by atoms with Gasteiger partial charge in [-0.15, -0.1) is 0 Å². The predicted molar refractivity (Wildman–Crippen MR) is 144 cm³/mol. The summed E-state index contributed by atoms with van der Waals surface area (Å²) in [6.45, 7) is 4.17. The summed E-state index contributed by atoms with van der Waals surface area (Å²) < 4.78 is 21.4. The molecule has 1 atom stereocenters. The number of aromatic nitrogens is 5. The van der Waals surface area contributed by atoms with Crippen molar-refractivity contribution in [2.75, 3.05) is 11.9 Å². The third-order valence-electron chi connectivity index (χ3n) is 7.23. The average molecular weight is 547 g/mol. The zero-order chi connectivity index (χ0) is 28.4. The first-order valence-electron chi connectivity index (χ1n) is 13.2. The molecule has 0 bridgehead atoms. The fourth-order valence-corrected chi connectivity index (χ4v) is 4.86. The summed E-state index contributed by atoms with van der Waals surface area (Å²) in [4.78, 5) is 22.0. The van der Waals surface area contributed by atoms with E-state index in [-0.39, 0.29) is 24.1 Å². The molecule has 0 unspecified atom stereocenters. The molecule has 11 nitrogen and oxygen atoms in total. The van der Waals surface area contributed by atoms with Crippen LogP contribution < -0.4 is 10.6 Å². The normalized spacial score (nSPS) is 18.3. The van der Waals surface area contributed by atoms with E-state index >= 15 is 0 Å². The molecule has 1 aliphatic rings. The van der Waals surface area contributed by atoms with Crippen molar-refractivity contribution in [3.63, 3.8) is 0 Å². The molecular weight excluding hydrogens is 515 g/mol. The highest BCUT2D eigenvalue weighted by molar-refractivity contribution is 6.00. The second-order valence-electron chi connectivity index (χ2n) is 10.7. The number of aryl methyl sites for hydroxylation is 1. The third-order valence-corrected chi connectivity index (χ3v) is 7.23. The van der Waals surface area contributed by atoms with Crippen molar-refractivity contribution in [3.05, 3.63) is 59.5 Å². The number of halogens is 1. The van der Waals surface area contributed by atoms with Crippen LogP contribution in [0.3, 0.4) is 0 Å². The van der Waals surface area contributed by atoms with Gasteiger partial charge in [0.2, 0.25) is 5.89 Å². The summed E-state index contributed by atoms with van der Waals surface area (Å²) in [6, 6.07) is 9.37. The summed E-state index contributed by atoms with van der Waals surface area (Å²) in [6.07, 6.45) is 4.65. The number of anilines is 1. The summed E-state index contributed by atoms with van der Waals surface area (Å²) in [5.41, 5.74) is 1.69. The standard InChI is InChI=1S/C28H31FN8O3/c1-16-34-27(40-36-16)18-4-6-19(7-5-18)35-22-11-23(24-9-8-20-10-17(12-30)13-33-37(20)24)31-14-21(22)26(38)32-15-25(29)28(2,3)39/h8-11,13-14,18-19,25,39H,4-7,15H2,1-3H3,(H,31,35)(H,32,38)/t18?,19?,25-/m1/s1. The van der Waals surface area contributed by atoms with Gasteiger partial charge in [0, 0.05) is 18.2 Å². The number of amides is 1. The minimum absolute atomic E-state index is 0.0766. The van der Waals surface area contributed by atoms with Crippen molar-refractivity contribution in [1.29, 1.82) is 5.26 Å². The molecule has 1 amide bonds. The summed E-state index contributed by atoms with van der Waals surface area (Å²) in [7, 11) is 0. The van der Waals surface area contributed by atoms with Crippen LogP contribution >= 0.6 is 0 Å². The van der Waals surface area contributed by atoms with E-state index in [9.17, 15) is 19.6 Å². The number of hydrogen-bond acceptors (Lipinski definition) is 9. The second kappa shape index (κ2) is 11.0.